The average molecular weight is 495 g/mol. The summed E-state index contributed by atoms with van der Waals surface area (Å²) in [4.78, 5) is 31.3. The molecule has 1 atom stereocenters. The minimum absolute atomic E-state index is 0.439. The molecule has 0 spiro atoms. The molecule has 1 aliphatic carbocycles. The zero-order valence-electron chi connectivity index (χ0n) is 20.7. The zero-order valence-corrected chi connectivity index (χ0v) is 20.7. The molecule has 1 aliphatic rings. The molecule has 2 heterocycles. The van der Waals surface area contributed by atoms with Crippen molar-refractivity contribution in [1.82, 2.24) is 4.98 Å². The number of fused-ring (bicyclic) bond motifs is 5. The average Bonchev–Trinajstić information content (AvgIpc) is 3.28. The Bertz CT molecular complexity index is 1690. The van der Waals surface area contributed by atoms with E-state index in [1.165, 1.54) is 0 Å². The van der Waals surface area contributed by atoms with Crippen LogP contribution in [0.4, 0.5) is 5.69 Å². The highest BCUT2D eigenvalue weighted by molar-refractivity contribution is 6.09. The fourth-order valence-corrected chi connectivity index (χ4v) is 5.13. The van der Waals surface area contributed by atoms with Gasteiger partial charge in [-0.3, -0.25) is 9.78 Å². The molecule has 7 heteroatoms. The number of nitrogens with zero attached hydrogens (tertiary/aromatic N) is 1. The van der Waals surface area contributed by atoms with Gasteiger partial charge in [0.2, 0.25) is 0 Å². The number of benzene rings is 3. The number of aryl methyl sites for hydroxylation is 1. The molecule has 0 saturated carbocycles. The molecule has 0 radical (unpaired) electrons. The maximum absolute atomic E-state index is 13.4. The van der Waals surface area contributed by atoms with E-state index in [0.717, 1.165) is 64.2 Å². The minimum Gasteiger partial charge on any atom is -0.495 e. The van der Waals surface area contributed by atoms with E-state index in [-0.39, 0.29) is 0 Å². The van der Waals surface area contributed by atoms with Gasteiger partial charge in [0.25, 0.3) is 5.91 Å². The number of para-hydroxylation sites is 2. The number of methoxy groups -OCH3 is 1. The second-order valence-electron chi connectivity index (χ2n) is 9.32. The van der Waals surface area contributed by atoms with E-state index >= 15 is 0 Å². The number of hydrogen-bond donors (Lipinski definition) is 1. The molecule has 2 aromatic heterocycles. The fourth-order valence-electron chi connectivity index (χ4n) is 5.13. The van der Waals surface area contributed by atoms with Gasteiger partial charge in [-0.15, -0.1) is 0 Å². The summed E-state index contributed by atoms with van der Waals surface area (Å²) in [5, 5.41) is 5.44. The Kier molecular flexibility index (Phi) is 5.75. The smallest absolute Gasteiger partial charge is 0.339 e. The number of ether oxygens (including phenoxy) is 2. The number of rotatable bonds is 5. The number of amides is 1. The van der Waals surface area contributed by atoms with E-state index in [4.69, 9.17) is 18.9 Å². The molecule has 37 heavy (non-hydrogen) atoms. The molecule has 186 valence electrons. The van der Waals surface area contributed by atoms with Crippen LogP contribution in [0.3, 0.4) is 0 Å². The lowest BCUT2D eigenvalue weighted by Gasteiger charge is -2.21. The van der Waals surface area contributed by atoms with Crippen molar-refractivity contribution in [2.45, 2.75) is 38.7 Å². The third-order valence-corrected chi connectivity index (χ3v) is 6.98. The quantitative estimate of drug-likeness (QED) is 0.292. The number of aromatic nitrogens is 1. The van der Waals surface area contributed by atoms with Crippen LogP contribution in [-0.2, 0) is 22.4 Å². The van der Waals surface area contributed by atoms with Crippen molar-refractivity contribution in [2.24, 2.45) is 0 Å². The number of carbonyl (C=O) groups is 2. The number of carbonyl (C=O) groups excluding carboxylic acids is 2. The van der Waals surface area contributed by atoms with Crippen LogP contribution in [-0.4, -0.2) is 30.1 Å². The molecule has 1 amide bonds. The normalized spacial score (nSPS) is 13.9. The van der Waals surface area contributed by atoms with E-state index in [0.29, 0.717) is 22.6 Å². The van der Waals surface area contributed by atoms with E-state index in [1.807, 2.05) is 54.6 Å². The molecular weight excluding hydrogens is 468 g/mol. The van der Waals surface area contributed by atoms with Gasteiger partial charge in [0.15, 0.2) is 6.10 Å². The lowest BCUT2D eigenvalue weighted by molar-refractivity contribution is -0.123. The second-order valence-corrected chi connectivity index (χ2v) is 9.32. The number of anilines is 1. The molecule has 1 N–H and O–H groups in total. The molecule has 3 aromatic carbocycles. The Morgan fingerprint density at radius 2 is 1.70 bits per heavy atom. The van der Waals surface area contributed by atoms with Crippen LogP contribution in [0, 0.1) is 0 Å². The number of hydrogen-bond acceptors (Lipinski definition) is 6. The highest BCUT2D eigenvalue weighted by Gasteiger charge is 2.27. The minimum atomic E-state index is -1.03. The van der Waals surface area contributed by atoms with Crippen molar-refractivity contribution in [1.29, 1.82) is 0 Å². The molecule has 0 fully saturated rings. The molecule has 1 unspecified atom stereocenters. The van der Waals surface area contributed by atoms with Crippen molar-refractivity contribution in [2.75, 3.05) is 12.4 Å². The predicted octanol–water partition coefficient (Wildman–Crippen LogP) is 6.21. The molecule has 6 rings (SSSR count). The second kappa shape index (κ2) is 9.24. The molecule has 7 nitrogen and oxygen atoms in total. The van der Waals surface area contributed by atoms with Crippen molar-refractivity contribution in [3.8, 4) is 5.75 Å². The summed E-state index contributed by atoms with van der Waals surface area (Å²) in [6.07, 6.45) is 2.61. The summed E-state index contributed by atoms with van der Waals surface area (Å²) in [7, 11) is 1.54. The first-order valence-electron chi connectivity index (χ1n) is 12.4. The topological polar surface area (TPSA) is 90.7 Å². The summed E-state index contributed by atoms with van der Waals surface area (Å²) in [5.74, 6) is -0.492. The van der Waals surface area contributed by atoms with Crippen molar-refractivity contribution in [3.63, 3.8) is 0 Å². The summed E-state index contributed by atoms with van der Waals surface area (Å²) < 4.78 is 17.2. The zero-order chi connectivity index (χ0) is 25.5. The summed E-state index contributed by atoms with van der Waals surface area (Å²) in [6, 6.07) is 18.8. The third kappa shape index (κ3) is 4.06. The lowest BCUT2D eigenvalue weighted by Crippen LogP contribution is -2.30. The predicted molar refractivity (Wildman–Crippen MR) is 142 cm³/mol. The van der Waals surface area contributed by atoms with E-state index in [9.17, 15) is 9.59 Å². The van der Waals surface area contributed by atoms with E-state index in [1.54, 1.807) is 20.1 Å². The van der Waals surface area contributed by atoms with Gasteiger partial charge in [0.05, 0.1) is 23.9 Å². The largest absolute Gasteiger partial charge is 0.495 e. The first kappa shape index (κ1) is 23.0. The van der Waals surface area contributed by atoms with Crippen LogP contribution in [0.1, 0.15) is 41.4 Å². The molecule has 0 bridgehead atoms. The number of pyridine rings is 1. The number of esters is 1. The standard InChI is InChI=1S/C30H26N2O5/c1-17(36-30(34)28-19-10-3-6-12-22(19)31-23-13-7-4-11-20(23)28)29(33)32-24-16-26-21(15-27(24)35-2)18-9-5-8-14-25(18)37-26/h3,5-6,8-10,12,14-17H,4,7,11,13H2,1-2H3,(H,32,33). The molecule has 0 aliphatic heterocycles. The van der Waals surface area contributed by atoms with Crippen LogP contribution in [0.5, 0.6) is 5.75 Å². The maximum Gasteiger partial charge on any atom is 0.339 e. The third-order valence-electron chi connectivity index (χ3n) is 6.98. The van der Waals surface area contributed by atoms with Crippen LogP contribution in [0.2, 0.25) is 0 Å². The van der Waals surface area contributed by atoms with Gasteiger partial charge in [-0.1, -0.05) is 36.4 Å². The Morgan fingerprint density at radius 3 is 2.54 bits per heavy atom. The van der Waals surface area contributed by atoms with E-state index in [2.05, 4.69) is 5.32 Å². The molecule has 5 aromatic rings. The molecular formula is C30H26N2O5. The van der Waals surface area contributed by atoms with Crippen molar-refractivity contribution >= 4 is 50.4 Å². The molecule has 0 saturated heterocycles. The van der Waals surface area contributed by atoms with Gasteiger partial charge in [-0.05, 0) is 56.4 Å². The number of furan rings is 1. The SMILES string of the molecule is COc1cc2c(cc1NC(=O)C(C)OC(=O)c1c3c(nc4ccccc14)CCCC3)oc1ccccc12. The van der Waals surface area contributed by atoms with Crippen LogP contribution < -0.4 is 10.1 Å². The Hall–Kier alpha value is -4.39. The summed E-state index contributed by atoms with van der Waals surface area (Å²) in [6.45, 7) is 1.56. The van der Waals surface area contributed by atoms with Crippen molar-refractivity contribution < 1.29 is 23.5 Å². The summed E-state index contributed by atoms with van der Waals surface area (Å²) >= 11 is 0. The Labute approximate surface area is 213 Å². The first-order chi connectivity index (χ1) is 18.0. The van der Waals surface area contributed by atoms with Gasteiger partial charge in [-0.2, -0.15) is 0 Å². The van der Waals surface area contributed by atoms with E-state index < -0.39 is 18.0 Å². The fraction of sp³-hybridized carbons (Fsp3) is 0.233. The van der Waals surface area contributed by atoms with Gasteiger partial charge in [0, 0.05) is 27.9 Å². The van der Waals surface area contributed by atoms with Gasteiger partial charge < -0.3 is 19.2 Å². The monoisotopic (exact) mass is 494 g/mol. The highest BCUT2D eigenvalue weighted by Crippen LogP contribution is 2.36. The van der Waals surface area contributed by atoms with Crippen molar-refractivity contribution in [3.05, 3.63) is 77.5 Å². The number of nitrogens with one attached hydrogen (secondary N) is 1. The van der Waals surface area contributed by atoms with Gasteiger partial charge in [-0.25, -0.2) is 4.79 Å². The highest BCUT2D eigenvalue weighted by atomic mass is 16.5. The summed E-state index contributed by atoms with van der Waals surface area (Å²) in [5.41, 5.74) is 4.96. The lowest BCUT2D eigenvalue weighted by atomic mass is 9.90. The van der Waals surface area contributed by atoms with Gasteiger partial charge in [0.1, 0.15) is 16.9 Å². The van der Waals surface area contributed by atoms with Crippen LogP contribution in [0.25, 0.3) is 32.8 Å². The first-order valence-corrected chi connectivity index (χ1v) is 12.4. The Balaban J connectivity index is 1.28. The maximum atomic E-state index is 13.4. The Morgan fingerprint density at radius 1 is 0.946 bits per heavy atom. The van der Waals surface area contributed by atoms with Crippen LogP contribution in [0.15, 0.2) is 65.1 Å². The van der Waals surface area contributed by atoms with Crippen LogP contribution >= 0.6 is 0 Å². The van der Waals surface area contributed by atoms with Gasteiger partial charge >= 0.3 is 5.97 Å².